The van der Waals surface area contributed by atoms with Gasteiger partial charge >= 0.3 is 6.18 Å². The Morgan fingerprint density at radius 1 is 1.37 bits per heavy atom. The molecule has 1 aromatic carbocycles. The first kappa shape index (κ1) is 15.0. The predicted molar refractivity (Wildman–Crippen MR) is 60.0 cm³/mol. The third kappa shape index (κ3) is 3.69. The number of carbonyl (C=O) groups excluding carboxylic acids is 1. The Labute approximate surface area is 107 Å². The van der Waals surface area contributed by atoms with Crippen molar-refractivity contribution in [2.24, 2.45) is 0 Å². The second kappa shape index (κ2) is 5.28. The molecule has 2 N–H and O–H groups in total. The van der Waals surface area contributed by atoms with Crippen molar-refractivity contribution in [3.05, 3.63) is 35.4 Å². The molecular formula is C12H11F3N2O2. The third-order valence-electron chi connectivity index (χ3n) is 2.43. The summed E-state index contributed by atoms with van der Waals surface area (Å²) in [5.41, 5.74) is -2.36. The van der Waals surface area contributed by atoms with E-state index in [2.05, 4.69) is 5.32 Å². The lowest BCUT2D eigenvalue weighted by Crippen LogP contribution is -2.47. The molecule has 1 atom stereocenters. The molecule has 1 rings (SSSR count). The number of halogens is 3. The van der Waals surface area contributed by atoms with Crippen LogP contribution in [0.15, 0.2) is 24.3 Å². The topological polar surface area (TPSA) is 73.1 Å². The average Bonchev–Trinajstić information content (AvgIpc) is 2.37. The molecule has 0 aliphatic rings. The number of benzene rings is 1. The van der Waals surface area contributed by atoms with Crippen LogP contribution in [0.25, 0.3) is 0 Å². The molecule has 0 spiro atoms. The molecule has 7 heteroatoms. The number of alkyl halides is 3. The van der Waals surface area contributed by atoms with Crippen molar-refractivity contribution in [2.75, 3.05) is 6.61 Å². The fourth-order valence-electron chi connectivity index (χ4n) is 1.24. The van der Waals surface area contributed by atoms with E-state index in [0.717, 1.165) is 24.3 Å². The number of aliphatic hydroxyl groups excluding tert-OH is 1. The van der Waals surface area contributed by atoms with Crippen LogP contribution in [0.2, 0.25) is 0 Å². The van der Waals surface area contributed by atoms with E-state index in [0.29, 0.717) is 0 Å². The normalized spacial score (nSPS) is 14.3. The van der Waals surface area contributed by atoms with Crippen LogP contribution in [0.4, 0.5) is 13.2 Å². The Hall–Kier alpha value is -2.07. The van der Waals surface area contributed by atoms with E-state index in [1.54, 1.807) is 6.07 Å². The molecule has 1 aromatic rings. The van der Waals surface area contributed by atoms with Crippen molar-refractivity contribution >= 4 is 5.91 Å². The van der Waals surface area contributed by atoms with Gasteiger partial charge in [-0.3, -0.25) is 4.79 Å². The predicted octanol–water partition coefficient (Wildman–Crippen LogP) is 1.71. The SMILES string of the molecule is CC(C#N)(CO)NC(=O)c1ccc(C(F)(F)F)cc1. The van der Waals surface area contributed by atoms with Gasteiger partial charge in [0.15, 0.2) is 0 Å². The molecule has 4 nitrogen and oxygen atoms in total. The molecule has 1 unspecified atom stereocenters. The molecule has 0 saturated heterocycles. The van der Waals surface area contributed by atoms with Gasteiger partial charge in [-0.15, -0.1) is 0 Å². The highest BCUT2D eigenvalue weighted by atomic mass is 19.4. The lowest BCUT2D eigenvalue weighted by atomic mass is 10.0. The summed E-state index contributed by atoms with van der Waals surface area (Å²) >= 11 is 0. The maximum absolute atomic E-state index is 12.3. The zero-order valence-corrected chi connectivity index (χ0v) is 9.95. The zero-order chi connectivity index (χ0) is 14.7. The van der Waals surface area contributed by atoms with Gasteiger partial charge in [0.05, 0.1) is 18.2 Å². The minimum absolute atomic E-state index is 0.0251. The fraction of sp³-hybridized carbons (Fsp3) is 0.333. The lowest BCUT2D eigenvalue weighted by Gasteiger charge is -2.20. The molecule has 0 fully saturated rings. The molecule has 102 valence electrons. The summed E-state index contributed by atoms with van der Waals surface area (Å²) in [4.78, 5) is 11.7. The molecule has 0 saturated carbocycles. The van der Waals surface area contributed by atoms with E-state index < -0.39 is 29.8 Å². The second-order valence-electron chi connectivity index (χ2n) is 4.13. The molecule has 0 bridgehead atoms. The summed E-state index contributed by atoms with van der Waals surface area (Å²) in [6, 6.07) is 5.27. The van der Waals surface area contributed by atoms with Gasteiger partial charge in [0.1, 0.15) is 5.54 Å². The zero-order valence-electron chi connectivity index (χ0n) is 9.95. The maximum atomic E-state index is 12.3. The van der Waals surface area contributed by atoms with Gasteiger partial charge in [0, 0.05) is 5.56 Å². The lowest BCUT2D eigenvalue weighted by molar-refractivity contribution is -0.137. The number of hydrogen-bond acceptors (Lipinski definition) is 3. The molecule has 0 aliphatic carbocycles. The van der Waals surface area contributed by atoms with E-state index in [9.17, 15) is 18.0 Å². The molecule has 19 heavy (non-hydrogen) atoms. The van der Waals surface area contributed by atoms with Crippen LogP contribution in [0.5, 0.6) is 0 Å². The third-order valence-corrected chi connectivity index (χ3v) is 2.43. The standard InChI is InChI=1S/C12H11F3N2O2/c1-11(6-16,7-18)17-10(19)8-2-4-9(5-3-8)12(13,14)15/h2-5,18H,7H2,1H3,(H,17,19). The number of nitrogens with zero attached hydrogens (tertiary/aromatic N) is 1. The largest absolute Gasteiger partial charge is 0.416 e. The van der Waals surface area contributed by atoms with Gasteiger partial charge in [-0.2, -0.15) is 18.4 Å². The van der Waals surface area contributed by atoms with Gasteiger partial charge in [-0.1, -0.05) is 0 Å². The van der Waals surface area contributed by atoms with Gasteiger partial charge in [-0.25, -0.2) is 0 Å². The first-order valence-electron chi connectivity index (χ1n) is 5.24. The van der Waals surface area contributed by atoms with Crippen LogP contribution in [0, 0.1) is 11.3 Å². The van der Waals surface area contributed by atoms with Gasteiger partial charge in [0.2, 0.25) is 0 Å². The number of amides is 1. The number of hydrogen-bond donors (Lipinski definition) is 2. The van der Waals surface area contributed by atoms with Gasteiger partial charge in [-0.05, 0) is 31.2 Å². The van der Waals surface area contributed by atoms with Gasteiger partial charge in [0.25, 0.3) is 5.91 Å². The number of rotatable bonds is 3. The summed E-state index contributed by atoms with van der Waals surface area (Å²) in [6.45, 7) is 0.699. The van der Waals surface area contributed by atoms with E-state index in [1.165, 1.54) is 6.92 Å². The second-order valence-corrected chi connectivity index (χ2v) is 4.13. The first-order chi connectivity index (χ1) is 8.72. The van der Waals surface area contributed by atoms with Crippen LogP contribution >= 0.6 is 0 Å². The highest BCUT2D eigenvalue weighted by Gasteiger charge is 2.31. The van der Waals surface area contributed by atoms with Crippen LogP contribution in [0.3, 0.4) is 0 Å². The summed E-state index contributed by atoms with van der Waals surface area (Å²) in [6.07, 6.45) is -4.47. The Kier molecular flexibility index (Phi) is 4.17. The molecule has 0 aromatic heterocycles. The molecule has 0 heterocycles. The average molecular weight is 272 g/mol. The highest BCUT2D eigenvalue weighted by Crippen LogP contribution is 2.29. The first-order valence-corrected chi connectivity index (χ1v) is 5.24. The van der Waals surface area contributed by atoms with Crippen LogP contribution < -0.4 is 5.32 Å². The van der Waals surface area contributed by atoms with Crippen LogP contribution in [-0.4, -0.2) is 23.2 Å². The Morgan fingerprint density at radius 2 is 1.89 bits per heavy atom. The fourth-order valence-corrected chi connectivity index (χ4v) is 1.24. The molecular weight excluding hydrogens is 261 g/mol. The number of nitrogens with one attached hydrogen (secondary N) is 1. The summed E-state index contributed by atoms with van der Waals surface area (Å²) in [7, 11) is 0. The Morgan fingerprint density at radius 3 is 2.26 bits per heavy atom. The Balaban J connectivity index is 2.88. The van der Waals surface area contributed by atoms with Crippen LogP contribution in [0.1, 0.15) is 22.8 Å². The van der Waals surface area contributed by atoms with Crippen molar-refractivity contribution in [1.29, 1.82) is 5.26 Å². The molecule has 1 amide bonds. The van der Waals surface area contributed by atoms with Crippen molar-refractivity contribution in [2.45, 2.75) is 18.6 Å². The van der Waals surface area contributed by atoms with Crippen molar-refractivity contribution in [3.8, 4) is 6.07 Å². The highest BCUT2D eigenvalue weighted by molar-refractivity contribution is 5.95. The Bertz CT molecular complexity index is 505. The van der Waals surface area contributed by atoms with E-state index >= 15 is 0 Å². The monoisotopic (exact) mass is 272 g/mol. The summed E-state index contributed by atoms with van der Waals surface area (Å²) in [5, 5.41) is 19.9. The van der Waals surface area contributed by atoms with Crippen molar-refractivity contribution in [3.63, 3.8) is 0 Å². The quantitative estimate of drug-likeness (QED) is 0.879. The smallest absolute Gasteiger partial charge is 0.393 e. The van der Waals surface area contributed by atoms with Crippen molar-refractivity contribution in [1.82, 2.24) is 5.32 Å². The van der Waals surface area contributed by atoms with E-state index in [1.807, 2.05) is 0 Å². The van der Waals surface area contributed by atoms with Crippen molar-refractivity contribution < 1.29 is 23.1 Å². The van der Waals surface area contributed by atoms with Gasteiger partial charge < -0.3 is 10.4 Å². The number of aliphatic hydroxyl groups is 1. The summed E-state index contributed by atoms with van der Waals surface area (Å²) in [5.74, 6) is -0.730. The molecule has 0 radical (unpaired) electrons. The molecule has 0 aliphatic heterocycles. The van der Waals surface area contributed by atoms with E-state index in [4.69, 9.17) is 10.4 Å². The van der Waals surface area contributed by atoms with E-state index in [-0.39, 0.29) is 5.56 Å². The number of nitriles is 1. The van der Waals surface area contributed by atoms with Crippen LogP contribution in [-0.2, 0) is 6.18 Å². The summed E-state index contributed by atoms with van der Waals surface area (Å²) < 4.78 is 37.0. The number of carbonyl (C=O) groups is 1. The minimum atomic E-state index is -4.47. The minimum Gasteiger partial charge on any atom is -0.393 e. The maximum Gasteiger partial charge on any atom is 0.416 e.